The summed E-state index contributed by atoms with van der Waals surface area (Å²) in [5, 5.41) is 2.80. The molecule has 242 valence electrons. The standard InChI is InChI=1S/C34H56N4O5/c1-4-5-6-7-8-9-10-11-12-13-14-15-16-17-18-20-24-35-33(40)43-29-31(42-3)28-37-26-23-32(39)38(34(37)41)27-30-22-19-21-25-36(30)2/h19,21-23,25-26,31H,4-18,20,24,27-29H2,1-3H3/p+1. The van der Waals surface area contributed by atoms with Gasteiger partial charge < -0.3 is 14.8 Å². The molecule has 0 saturated carbocycles. The van der Waals surface area contributed by atoms with Gasteiger partial charge in [-0.15, -0.1) is 0 Å². The number of pyridine rings is 1. The maximum Gasteiger partial charge on any atom is 0.407 e. The molecule has 0 bridgehead atoms. The number of aryl methyl sites for hydroxylation is 1. The maximum absolute atomic E-state index is 13.0. The smallest absolute Gasteiger partial charge is 0.407 e. The fourth-order valence-corrected chi connectivity index (χ4v) is 5.22. The van der Waals surface area contributed by atoms with Gasteiger partial charge >= 0.3 is 11.8 Å². The Morgan fingerprint density at radius 1 is 0.860 bits per heavy atom. The van der Waals surface area contributed by atoms with E-state index in [1.54, 1.807) is 0 Å². The van der Waals surface area contributed by atoms with Crippen molar-refractivity contribution in [2.24, 2.45) is 7.05 Å². The zero-order chi connectivity index (χ0) is 31.1. The quantitative estimate of drug-likeness (QED) is 0.120. The molecule has 1 amide bonds. The van der Waals surface area contributed by atoms with E-state index < -0.39 is 17.9 Å². The molecule has 0 fully saturated rings. The van der Waals surface area contributed by atoms with Crippen LogP contribution < -0.4 is 21.1 Å². The number of alkyl carbamates (subject to hydrolysis) is 1. The molecule has 0 saturated heterocycles. The van der Waals surface area contributed by atoms with Crippen LogP contribution in [0, 0.1) is 0 Å². The molecule has 43 heavy (non-hydrogen) atoms. The number of carbonyl (C=O) groups excluding carboxylic acids is 1. The van der Waals surface area contributed by atoms with E-state index in [0.29, 0.717) is 6.54 Å². The van der Waals surface area contributed by atoms with Crippen LogP contribution in [-0.4, -0.2) is 41.6 Å². The number of ether oxygens (including phenoxy) is 2. The number of unbranched alkanes of at least 4 members (excludes halogenated alkanes) is 15. The van der Waals surface area contributed by atoms with Crippen molar-refractivity contribution in [1.29, 1.82) is 0 Å². The van der Waals surface area contributed by atoms with Gasteiger partial charge in [0.05, 0.1) is 6.54 Å². The summed E-state index contributed by atoms with van der Waals surface area (Å²) in [4.78, 5) is 37.6. The van der Waals surface area contributed by atoms with E-state index in [1.807, 2.05) is 36.0 Å². The van der Waals surface area contributed by atoms with Crippen LogP contribution in [0.25, 0.3) is 0 Å². The van der Waals surface area contributed by atoms with E-state index in [0.717, 1.165) is 18.5 Å². The first-order valence-corrected chi connectivity index (χ1v) is 16.6. The summed E-state index contributed by atoms with van der Waals surface area (Å²) in [7, 11) is 3.37. The van der Waals surface area contributed by atoms with Gasteiger partial charge in [0, 0.05) is 38.1 Å². The van der Waals surface area contributed by atoms with Crippen molar-refractivity contribution in [3.63, 3.8) is 0 Å². The molecular weight excluding hydrogens is 544 g/mol. The first kappa shape index (κ1) is 36.3. The molecule has 0 aliphatic rings. The number of hydrogen-bond donors (Lipinski definition) is 1. The molecule has 1 N–H and O–H groups in total. The van der Waals surface area contributed by atoms with E-state index >= 15 is 0 Å². The van der Waals surface area contributed by atoms with Crippen molar-refractivity contribution in [3.05, 3.63) is 63.2 Å². The van der Waals surface area contributed by atoms with E-state index in [1.165, 1.54) is 118 Å². The summed E-state index contributed by atoms with van der Waals surface area (Å²) in [6, 6.07) is 6.98. The highest BCUT2D eigenvalue weighted by Crippen LogP contribution is 2.13. The second-order valence-corrected chi connectivity index (χ2v) is 11.7. The van der Waals surface area contributed by atoms with Crippen LogP contribution in [0.1, 0.15) is 115 Å². The van der Waals surface area contributed by atoms with E-state index in [9.17, 15) is 14.4 Å². The third-order valence-electron chi connectivity index (χ3n) is 8.06. The van der Waals surface area contributed by atoms with Crippen LogP contribution in [0.2, 0.25) is 0 Å². The Balaban J connectivity index is 1.54. The van der Waals surface area contributed by atoms with E-state index in [2.05, 4.69) is 12.2 Å². The minimum atomic E-state index is -0.530. The fraction of sp³-hybridized carbons (Fsp3) is 0.706. The van der Waals surface area contributed by atoms with Gasteiger partial charge in [0.2, 0.25) is 5.69 Å². The van der Waals surface area contributed by atoms with Crippen LogP contribution >= 0.6 is 0 Å². The van der Waals surface area contributed by atoms with E-state index in [-0.39, 0.29) is 25.3 Å². The summed E-state index contributed by atoms with van der Waals surface area (Å²) in [5.74, 6) is 0. The lowest BCUT2D eigenvalue weighted by Gasteiger charge is -2.17. The van der Waals surface area contributed by atoms with Crippen LogP contribution in [0.4, 0.5) is 4.79 Å². The zero-order valence-electron chi connectivity index (χ0n) is 27.1. The van der Waals surface area contributed by atoms with E-state index in [4.69, 9.17) is 9.47 Å². The van der Waals surface area contributed by atoms with Crippen molar-refractivity contribution in [1.82, 2.24) is 14.5 Å². The molecule has 1 unspecified atom stereocenters. The Bertz CT molecular complexity index is 1150. The van der Waals surface area contributed by atoms with Crippen LogP contribution in [0.15, 0.2) is 46.2 Å². The molecule has 9 heteroatoms. The lowest BCUT2D eigenvalue weighted by Crippen LogP contribution is -2.44. The minimum Gasteiger partial charge on any atom is -0.447 e. The highest BCUT2D eigenvalue weighted by molar-refractivity contribution is 5.67. The maximum atomic E-state index is 13.0. The molecule has 0 aromatic carbocycles. The Kier molecular flexibility index (Phi) is 19.0. The molecular formula is C34H57N4O5+. The number of aromatic nitrogens is 3. The van der Waals surface area contributed by atoms with Gasteiger partial charge in [-0.25, -0.2) is 18.7 Å². The van der Waals surface area contributed by atoms with Crippen molar-refractivity contribution >= 4 is 6.09 Å². The third-order valence-corrected chi connectivity index (χ3v) is 8.06. The first-order chi connectivity index (χ1) is 21.0. The number of nitrogens with one attached hydrogen (secondary N) is 1. The topological polar surface area (TPSA) is 95.4 Å². The number of hydrogen-bond acceptors (Lipinski definition) is 5. The number of nitrogens with zero attached hydrogens (tertiary/aromatic N) is 3. The van der Waals surface area contributed by atoms with Crippen LogP contribution in [0.3, 0.4) is 0 Å². The number of carbonyl (C=O) groups is 1. The Morgan fingerprint density at radius 2 is 1.44 bits per heavy atom. The number of rotatable bonds is 24. The van der Waals surface area contributed by atoms with Gasteiger partial charge in [0.25, 0.3) is 5.56 Å². The van der Waals surface area contributed by atoms with Crippen LogP contribution in [-0.2, 0) is 29.6 Å². The first-order valence-electron chi connectivity index (χ1n) is 16.6. The van der Waals surface area contributed by atoms with Gasteiger partial charge in [0.15, 0.2) is 6.20 Å². The fourth-order valence-electron chi connectivity index (χ4n) is 5.22. The Morgan fingerprint density at radius 3 is 2.00 bits per heavy atom. The molecule has 0 aliphatic heterocycles. The van der Waals surface area contributed by atoms with Gasteiger partial charge in [-0.3, -0.25) is 9.36 Å². The second-order valence-electron chi connectivity index (χ2n) is 11.7. The van der Waals surface area contributed by atoms with Crippen molar-refractivity contribution < 1.29 is 18.8 Å². The summed E-state index contributed by atoms with van der Waals surface area (Å²) < 4.78 is 15.3. The third kappa shape index (κ3) is 15.4. The normalized spacial score (nSPS) is 11.9. The highest BCUT2D eigenvalue weighted by Gasteiger charge is 2.16. The van der Waals surface area contributed by atoms with Gasteiger partial charge in [-0.2, -0.15) is 0 Å². The Labute approximate surface area is 258 Å². The number of methoxy groups -OCH3 is 1. The summed E-state index contributed by atoms with van der Waals surface area (Å²) in [6.45, 7) is 3.16. The average Bonchev–Trinajstić information content (AvgIpc) is 3.00. The molecule has 0 aliphatic carbocycles. The van der Waals surface area contributed by atoms with Crippen LogP contribution in [0.5, 0.6) is 0 Å². The van der Waals surface area contributed by atoms with Gasteiger partial charge in [-0.05, 0) is 6.42 Å². The molecule has 2 heterocycles. The SMILES string of the molecule is CCCCCCCCCCCCCCCCCCNC(=O)OCC(Cn1ccc(=O)n(Cc2cccc[n+]2C)c1=O)OC. The molecule has 1 atom stereocenters. The largest absolute Gasteiger partial charge is 0.447 e. The summed E-state index contributed by atoms with van der Waals surface area (Å²) in [6.07, 6.45) is 23.3. The minimum absolute atomic E-state index is 0.000500. The molecule has 0 radical (unpaired) electrons. The second kappa shape index (κ2) is 22.6. The average molecular weight is 602 g/mol. The Hall–Kier alpha value is -2.94. The molecule has 0 spiro atoms. The van der Waals surface area contributed by atoms with Crippen molar-refractivity contribution in [2.75, 3.05) is 20.3 Å². The van der Waals surface area contributed by atoms with Crippen molar-refractivity contribution in [2.45, 2.75) is 129 Å². The molecule has 2 rings (SSSR count). The molecule has 2 aromatic rings. The highest BCUT2D eigenvalue weighted by atomic mass is 16.6. The summed E-state index contributed by atoms with van der Waals surface area (Å²) >= 11 is 0. The summed E-state index contributed by atoms with van der Waals surface area (Å²) in [5.41, 5.74) is 0.0159. The zero-order valence-corrected chi connectivity index (χ0v) is 27.1. The van der Waals surface area contributed by atoms with Gasteiger partial charge in [0.1, 0.15) is 26.3 Å². The predicted molar refractivity (Wildman–Crippen MR) is 171 cm³/mol. The van der Waals surface area contributed by atoms with Gasteiger partial charge in [-0.1, -0.05) is 109 Å². The molecule has 2 aromatic heterocycles. The molecule has 9 nitrogen and oxygen atoms in total. The van der Waals surface area contributed by atoms with Crippen molar-refractivity contribution in [3.8, 4) is 0 Å². The monoisotopic (exact) mass is 601 g/mol. The lowest BCUT2D eigenvalue weighted by atomic mass is 10.0. The lowest BCUT2D eigenvalue weighted by molar-refractivity contribution is -0.679. The number of amides is 1. The predicted octanol–water partition coefficient (Wildman–Crippen LogP) is 5.89.